The lowest BCUT2D eigenvalue weighted by Crippen LogP contribution is -2.51. The Hall–Kier alpha value is -3.04. The lowest BCUT2D eigenvalue weighted by Gasteiger charge is -2.16. The molecule has 0 radical (unpaired) electrons. The average molecular weight is 388 g/mol. The standard InChI is InChI=1S/C17H12N2O5S2/c20-15-14(16(21)19-17(25)18-15)10-11-5-4-6-12(9-11)24-26(22,23)13-7-2-1-3-8-13/h1-10H,(H2,18,19,20,21,25). The molecule has 1 heterocycles. The normalized spacial score (nSPS) is 14.5. The largest absolute Gasteiger partial charge is 0.379 e. The number of hydrogen-bond donors (Lipinski definition) is 2. The zero-order chi connectivity index (χ0) is 18.7. The van der Waals surface area contributed by atoms with Crippen LogP contribution in [0.3, 0.4) is 0 Å². The second-order valence-electron chi connectivity index (χ2n) is 5.22. The van der Waals surface area contributed by atoms with E-state index in [2.05, 4.69) is 10.6 Å². The van der Waals surface area contributed by atoms with Crippen LogP contribution in [0, 0.1) is 0 Å². The molecule has 2 amide bonds. The molecular weight excluding hydrogens is 376 g/mol. The Morgan fingerprint density at radius 2 is 1.58 bits per heavy atom. The first-order valence-corrected chi connectivity index (χ1v) is 9.15. The van der Waals surface area contributed by atoms with Crippen molar-refractivity contribution in [2.24, 2.45) is 0 Å². The molecule has 26 heavy (non-hydrogen) atoms. The summed E-state index contributed by atoms with van der Waals surface area (Å²) in [6.45, 7) is 0. The summed E-state index contributed by atoms with van der Waals surface area (Å²) in [5, 5.41) is 4.57. The Kier molecular flexibility index (Phi) is 4.83. The number of nitrogens with one attached hydrogen (secondary N) is 2. The van der Waals surface area contributed by atoms with Crippen LogP contribution >= 0.6 is 12.2 Å². The van der Waals surface area contributed by atoms with Gasteiger partial charge in [0, 0.05) is 0 Å². The van der Waals surface area contributed by atoms with Gasteiger partial charge < -0.3 is 4.18 Å². The topological polar surface area (TPSA) is 102 Å². The van der Waals surface area contributed by atoms with Crippen molar-refractivity contribution >= 4 is 45.3 Å². The molecule has 2 aromatic rings. The molecule has 3 rings (SSSR count). The van der Waals surface area contributed by atoms with Crippen molar-refractivity contribution in [3.05, 3.63) is 65.7 Å². The van der Waals surface area contributed by atoms with Crippen LogP contribution in [0.25, 0.3) is 6.08 Å². The SMILES string of the molecule is O=C1NC(=S)NC(=O)C1=Cc1cccc(OS(=O)(=O)c2ccccc2)c1. The van der Waals surface area contributed by atoms with E-state index in [9.17, 15) is 18.0 Å². The maximum Gasteiger partial charge on any atom is 0.339 e. The summed E-state index contributed by atoms with van der Waals surface area (Å²) in [7, 11) is -3.99. The van der Waals surface area contributed by atoms with Crippen molar-refractivity contribution in [1.29, 1.82) is 0 Å². The maximum absolute atomic E-state index is 12.3. The third-order valence-corrected chi connectivity index (χ3v) is 4.82. The van der Waals surface area contributed by atoms with Gasteiger partial charge in [-0.2, -0.15) is 8.42 Å². The zero-order valence-electron chi connectivity index (χ0n) is 13.1. The average Bonchev–Trinajstić information content (AvgIpc) is 2.59. The smallest absolute Gasteiger partial charge is 0.339 e. The van der Waals surface area contributed by atoms with E-state index in [1.807, 2.05) is 0 Å². The molecule has 0 unspecified atom stereocenters. The first-order chi connectivity index (χ1) is 12.3. The molecule has 0 aromatic heterocycles. The monoisotopic (exact) mass is 388 g/mol. The Labute approximate surface area is 154 Å². The summed E-state index contributed by atoms with van der Waals surface area (Å²) in [5.74, 6) is -1.22. The summed E-state index contributed by atoms with van der Waals surface area (Å²) in [5.41, 5.74) is 0.264. The summed E-state index contributed by atoms with van der Waals surface area (Å²) in [6, 6.07) is 13.7. The molecule has 0 aliphatic carbocycles. The van der Waals surface area contributed by atoms with E-state index in [1.165, 1.54) is 30.3 Å². The third-order valence-electron chi connectivity index (χ3n) is 3.35. The first-order valence-electron chi connectivity index (χ1n) is 7.33. The van der Waals surface area contributed by atoms with Gasteiger partial charge in [0.25, 0.3) is 11.8 Å². The second-order valence-corrected chi connectivity index (χ2v) is 7.17. The van der Waals surface area contributed by atoms with Crippen molar-refractivity contribution < 1.29 is 22.2 Å². The fourth-order valence-corrected chi connectivity index (χ4v) is 3.32. The van der Waals surface area contributed by atoms with Crippen LogP contribution in [0.5, 0.6) is 5.75 Å². The van der Waals surface area contributed by atoms with E-state index < -0.39 is 21.9 Å². The van der Waals surface area contributed by atoms with Crippen LogP contribution in [0.4, 0.5) is 0 Å². The zero-order valence-corrected chi connectivity index (χ0v) is 14.8. The summed E-state index contributed by atoms with van der Waals surface area (Å²) < 4.78 is 29.6. The highest BCUT2D eigenvalue weighted by Gasteiger charge is 2.25. The van der Waals surface area contributed by atoms with Crippen molar-refractivity contribution in [1.82, 2.24) is 10.6 Å². The van der Waals surface area contributed by atoms with E-state index in [0.717, 1.165) is 0 Å². The van der Waals surface area contributed by atoms with Crippen molar-refractivity contribution in [2.45, 2.75) is 4.90 Å². The number of hydrogen-bond acceptors (Lipinski definition) is 6. The lowest BCUT2D eigenvalue weighted by molar-refractivity contribution is -0.123. The van der Waals surface area contributed by atoms with E-state index in [4.69, 9.17) is 16.4 Å². The summed E-state index contributed by atoms with van der Waals surface area (Å²) in [6.07, 6.45) is 1.31. The molecule has 0 atom stereocenters. The Balaban J connectivity index is 1.87. The molecule has 0 saturated carbocycles. The molecular formula is C17H12N2O5S2. The minimum absolute atomic E-state index is 0.0170. The Morgan fingerprint density at radius 1 is 0.923 bits per heavy atom. The van der Waals surface area contributed by atoms with E-state index in [1.54, 1.807) is 30.3 Å². The first kappa shape index (κ1) is 17.8. The molecule has 2 aromatic carbocycles. The minimum Gasteiger partial charge on any atom is -0.379 e. The van der Waals surface area contributed by atoms with Gasteiger partial charge in [0.1, 0.15) is 16.2 Å². The van der Waals surface area contributed by atoms with Gasteiger partial charge >= 0.3 is 10.1 Å². The van der Waals surface area contributed by atoms with Gasteiger partial charge in [0.2, 0.25) is 0 Å². The molecule has 9 heteroatoms. The predicted octanol–water partition coefficient (Wildman–Crippen LogP) is 1.37. The predicted molar refractivity (Wildman–Crippen MR) is 97.6 cm³/mol. The van der Waals surface area contributed by atoms with Crippen molar-refractivity contribution in [3.63, 3.8) is 0 Å². The van der Waals surface area contributed by atoms with Crippen LogP contribution in [0.15, 0.2) is 65.1 Å². The highest BCUT2D eigenvalue weighted by atomic mass is 32.2. The molecule has 1 aliphatic heterocycles. The number of carbonyl (C=O) groups is 2. The number of amides is 2. The van der Waals surface area contributed by atoms with E-state index in [-0.39, 0.29) is 21.3 Å². The van der Waals surface area contributed by atoms with Gasteiger partial charge in [-0.15, -0.1) is 0 Å². The Morgan fingerprint density at radius 3 is 2.23 bits per heavy atom. The molecule has 1 aliphatic rings. The molecule has 0 spiro atoms. The third kappa shape index (κ3) is 3.95. The number of rotatable bonds is 4. The fourth-order valence-electron chi connectivity index (χ4n) is 2.19. The van der Waals surface area contributed by atoms with Gasteiger partial charge in [-0.1, -0.05) is 30.3 Å². The minimum atomic E-state index is -3.99. The highest BCUT2D eigenvalue weighted by molar-refractivity contribution is 7.87. The van der Waals surface area contributed by atoms with Crippen LogP contribution in [0.1, 0.15) is 5.56 Å². The Bertz CT molecular complexity index is 1010. The van der Waals surface area contributed by atoms with E-state index >= 15 is 0 Å². The van der Waals surface area contributed by atoms with Gasteiger partial charge in [-0.05, 0) is 48.1 Å². The molecule has 1 fully saturated rings. The van der Waals surface area contributed by atoms with Crippen molar-refractivity contribution in [2.75, 3.05) is 0 Å². The van der Waals surface area contributed by atoms with E-state index in [0.29, 0.717) is 5.56 Å². The number of thiocarbonyl (C=S) groups is 1. The molecule has 2 N–H and O–H groups in total. The summed E-state index contributed by atoms with van der Waals surface area (Å²) >= 11 is 4.73. The van der Waals surface area contributed by atoms with Crippen LogP contribution in [-0.4, -0.2) is 25.3 Å². The highest BCUT2D eigenvalue weighted by Crippen LogP contribution is 2.21. The molecule has 7 nitrogen and oxygen atoms in total. The lowest BCUT2D eigenvalue weighted by atomic mass is 10.1. The quantitative estimate of drug-likeness (QED) is 0.355. The number of carbonyl (C=O) groups excluding carboxylic acids is 2. The van der Waals surface area contributed by atoms with Gasteiger partial charge in [0.15, 0.2) is 5.11 Å². The van der Waals surface area contributed by atoms with Gasteiger partial charge in [-0.3, -0.25) is 20.2 Å². The van der Waals surface area contributed by atoms with Crippen molar-refractivity contribution in [3.8, 4) is 5.75 Å². The maximum atomic E-state index is 12.3. The molecule has 1 saturated heterocycles. The second kappa shape index (κ2) is 7.06. The summed E-state index contributed by atoms with van der Waals surface area (Å²) in [4.78, 5) is 23.7. The van der Waals surface area contributed by atoms with Crippen LogP contribution < -0.4 is 14.8 Å². The van der Waals surface area contributed by atoms with Crippen LogP contribution in [0.2, 0.25) is 0 Å². The number of benzene rings is 2. The van der Waals surface area contributed by atoms with Crippen LogP contribution in [-0.2, 0) is 19.7 Å². The molecule has 132 valence electrons. The van der Waals surface area contributed by atoms with Gasteiger partial charge in [-0.25, -0.2) is 0 Å². The fraction of sp³-hybridized carbons (Fsp3) is 0. The van der Waals surface area contributed by atoms with Gasteiger partial charge in [0.05, 0.1) is 0 Å². The molecule has 0 bridgehead atoms.